The van der Waals surface area contributed by atoms with E-state index in [4.69, 9.17) is 11.6 Å². The van der Waals surface area contributed by atoms with Crippen LogP contribution in [0.25, 0.3) is 0 Å². The molecule has 0 saturated heterocycles. The molecule has 0 spiro atoms. The zero-order valence-corrected chi connectivity index (χ0v) is 16.9. The summed E-state index contributed by atoms with van der Waals surface area (Å²) in [4.78, 5) is 7.83. The van der Waals surface area contributed by atoms with Gasteiger partial charge >= 0.3 is 0 Å². The normalized spacial score (nSPS) is 15.9. The van der Waals surface area contributed by atoms with Gasteiger partial charge in [0, 0.05) is 23.2 Å². The second kappa shape index (κ2) is 8.00. The molecule has 0 aliphatic carbocycles. The Bertz CT molecular complexity index is 1270. The van der Waals surface area contributed by atoms with E-state index in [1.54, 1.807) is 24.3 Å². The molecule has 0 bridgehead atoms. The lowest BCUT2D eigenvalue weighted by Gasteiger charge is -2.24. The maximum Gasteiger partial charge on any atom is 0.266 e. The lowest BCUT2D eigenvalue weighted by atomic mass is 10.0. The van der Waals surface area contributed by atoms with Crippen LogP contribution in [0, 0.1) is 11.6 Å². The molecule has 3 aromatic rings. The van der Waals surface area contributed by atoms with Crippen molar-refractivity contribution in [3.05, 3.63) is 88.2 Å². The van der Waals surface area contributed by atoms with Gasteiger partial charge in [0.15, 0.2) is 0 Å². The van der Waals surface area contributed by atoms with Crippen LogP contribution in [0.15, 0.2) is 64.6 Å². The van der Waals surface area contributed by atoms with Crippen LogP contribution < -0.4 is 10.0 Å². The SMILES string of the molecule is O=S1(=O)NC(=NCc2ncccc2F)Nc2c1ccc(F)c2Cc1ccccc1Cl. The lowest BCUT2D eigenvalue weighted by molar-refractivity contribution is 0.588. The minimum atomic E-state index is -4.00. The number of nitrogens with zero attached hydrogens (tertiary/aromatic N) is 2. The molecule has 154 valence electrons. The molecule has 1 aliphatic heterocycles. The Balaban J connectivity index is 1.74. The Morgan fingerprint density at radius 3 is 2.60 bits per heavy atom. The van der Waals surface area contributed by atoms with E-state index in [9.17, 15) is 17.2 Å². The highest BCUT2D eigenvalue weighted by molar-refractivity contribution is 7.90. The number of aliphatic imine (C=N–C) groups is 1. The third kappa shape index (κ3) is 3.99. The summed E-state index contributed by atoms with van der Waals surface area (Å²) in [6, 6.07) is 11.8. The van der Waals surface area contributed by atoms with E-state index >= 15 is 0 Å². The zero-order valence-electron chi connectivity index (χ0n) is 15.4. The molecule has 0 fully saturated rings. The molecule has 1 aliphatic rings. The van der Waals surface area contributed by atoms with Gasteiger partial charge in [0.2, 0.25) is 5.96 Å². The fourth-order valence-electron chi connectivity index (χ4n) is 3.05. The second-order valence-corrected chi connectivity index (χ2v) is 8.55. The molecule has 0 atom stereocenters. The maximum atomic E-state index is 14.7. The number of fused-ring (bicyclic) bond motifs is 1. The molecule has 0 amide bonds. The minimum absolute atomic E-state index is 0.0485. The van der Waals surface area contributed by atoms with E-state index in [0.29, 0.717) is 10.6 Å². The molecule has 10 heteroatoms. The Hall–Kier alpha value is -3.04. The summed E-state index contributed by atoms with van der Waals surface area (Å²) >= 11 is 6.19. The van der Waals surface area contributed by atoms with Gasteiger partial charge in [-0.3, -0.25) is 4.98 Å². The predicted octanol–water partition coefficient (Wildman–Crippen LogP) is 3.86. The monoisotopic (exact) mass is 448 g/mol. The van der Waals surface area contributed by atoms with E-state index in [0.717, 1.165) is 6.07 Å². The van der Waals surface area contributed by atoms with Crippen molar-refractivity contribution in [3.63, 3.8) is 0 Å². The van der Waals surface area contributed by atoms with Gasteiger partial charge in [0.1, 0.15) is 16.5 Å². The molecule has 30 heavy (non-hydrogen) atoms. The number of rotatable bonds is 4. The summed E-state index contributed by atoms with van der Waals surface area (Å²) in [5, 5.41) is 3.25. The number of benzene rings is 2. The number of hydrogen-bond acceptors (Lipinski definition) is 4. The molecule has 6 nitrogen and oxygen atoms in total. The van der Waals surface area contributed by atoms with E-state index in [1.165, 1.54) is 24.4 Å². The molecule has 0 unspecified atom stereocenters. The van der Waals surface area contributed by atoms with Crippen molar-refractivity contribution < 1.29 is 17.2 Å². The Morgan fingerprint density at radius 2 is 1.83 bits per heavy atom. The number of anilines is 1. The fraction of sp³-hybridized carbons (Fsp3) is 0.100. The van der Waals surface area contributed by atoms with Crippen molar-refractivity contribution in [2.75, 3.05) is 5.32 Å². The van der Waals surface area contributed by atoms with Crippen LogP contribution in [0.3, 0.4) is 0 Å². The zero-order chi connectivity index (χ0) is 21.3. The van der Waals surface area contributed by atoms with E-state index in [-0.39, 0.29) is 40.8 Å². The summed E-state index contributed by atoms with van der Waals surface area (Å²) in [7, 11) is -4.00. The van der Waals surface area contributed by atoms with Crippen molar-refractivity contribution in [3.8, 4) is 0 Å². The number of halogens is 3. The molecule has 4 rings (SSSR count). The first-order chi connectivity index (χ1) is 14.3. The summed E-state index contributed by atoms with van der Waals surface area (Å²) in [5.41, 5.74) is 0.877. The Labute approximate surface area is 176 Å². The summed E-state index contributed by atoms with van der Waals surface area (Å²) in [6.45, 7) is -0.206. The second-order valence-electron chi connectivity index (χ2n) is 6.49. The van der Waals surface area contributed by atoms with Gasteiger partial charge in [0.05, 0.1) is 17.9 Å². The molecule has 2 heterocycles. The van der Waals surface area contributed by atoms with Crippen molar-refractivity contribution in [2.24, 2.45) is 4.99 Å². The van der Waals surface area contributed by atoms with Gasteiger partial charge in [-0.15, -0.1) is 0 Å². The van der Waals surface area contributed by atoms with Gasteiger partial charge in [-0.2, -0.15) is 0 Å². The maximum absolute atomic E-state index is 14.7. The summed E-state index contributed by atoms with van der Waals surface area (Å²) in [6.07, 6.45) is 1.48. The lowest BCUT2D eigenvalue weighted by Crippen LogP contribution is -2.41. The third-order valence-electron chi connectivity index (χ3n) is 4.53. The van der Waals surface area contributed by atoms with Crippen LogP contribution in [-0.4, -0.2) is 19.4 Å². The average Bonchev–Trinajstić information content (AvgIpc) is 2.70. The quantitative estimate of drug-likeness (QED) is 0.634. The number of aromatic nitrogens is 1. The highest BCUT2D eigenvalue weighted by Gasteiger charge is 2.30. The van der Waals surface area contributed by atoms with Crippen LogP contribution in [0.2, 0.25) is 5.02 Å². The number of sulfonamides is 1. The van der Waals surface area contributed by atoms with Crippen LogP contribution in [0.4, 0.5) is 14.5 Å². The predicted molar refractivity (Wildman–Crippen MR) is 110 cm³/mol. The van der Waals surface area contributed by atoms with Gasteiger partial charge in [-0.05, 0) is 35.9 Å². The number of pyridine rings is 1. The third-order valence-corrected chi connectivity index (χ3v) is 6.28. The minimum Gasteiger partial charge on any atom is -0.324 e. The number of guanidine groups is 1. The highest BCUT2D eigenvalue weighted by Crippen LogP contribution is 2.33. The molecular weight excluding hydrogens is 434 g/mol. The van der Waals surface area contributed by atoms with Crippen molar-refractivity contribution in [2.45, 2.75) is 17.9 Å². The van der Waals surface area contributed by atoms with Gasteiger partial charge in [-0.1, -0.05) is 29.8 Å². The molecule has 2 aromatic carbocycles. The van der Waals surface area contributed by atoms with Crippen LogP contribution in [-0.2, 0) is 23.0 Å². The van der Waals surface area contributed by atoms with Gasteiger partial charge < -0.3 is 5.32 Å². The Morgan fingerprint density at radius 1 is 1.03 bits per heavy atom. The molecule has 0 saturated carbocycles. The number of nitrogens with one attached hydrogen (secondary N) is 2. The van der Waals surface area contributed by atoms with Crippen LogP contribution in [0.1, 0.15) is 16.8 Å². The summed E-state index contributed by atoms with van der Waals surface area (Å²) < 4.78 is 56.1. The largest absolute Gasteiger partial charge is 0.324 e. The van der Waals surface area contributed by atoms with E-state index in [1.807, 2.05) is 0 Å². The van der Waals surface area contributed by atoms with E-state index in [2.05, 4.69) is 20.0 Å². The smallest absolute Gasteiger partial charge is 0.266 e. The first-order valence-corrected chi connectivity index (χ1v) is 10.7. The highest BCUT2D eigenvalue weighted by atomic mass is 35.5. The average molecular weight is 449 g/mol. The Kier molecular flexibility index (Phi) is 5.40. The van der Waals surface area contributed by atoms with Gasteiger partial charge in [0.25, 0.3) is 10.0 Å². The van der Waals surface area contributed by atoms with Crippen LogP contribution >= 0.6 is 11.6 Å². The molecule has 2 N–H and O–H groups in total. The van der Waals surface area contributed by atoms with Crippen LogP contribution in [0.5, 0.6) is 0 Å². The fourth-order valence-corrected chi connectivity index (χ4v) is 4.43. The van der Waals surface area contributed by atoms with Gasteiger partial charge in [-0.25, -0.2) is 26.9 Å². The first-order valence-electron chi connectivity index (χ1n) is 8.83. The molecule has 1 aromatic heterocycles. The van der Waals surface area contributed by atoms with E-state index < -0.39 is 21.7 Å². The summed E-state index contributed by atoms with van der Waals surface area (Å²) in [5.74, 6) is -1.31. The number of hydrogen-bond donors (Lipinski definition) is 2. The van der Waals surface area contributed by atoms with Crippen molar-refractivity contribution in [1.29, 1.82) is 0 Å². The standard InChI is InChI=1S/C20H15ClF2N4O2S/c21-14-5-2-1-4-12(14)10-13-15(22)7-8-18-19(13)26-20(27-30(18,28)29)25-11-17-16(23)6-3-9-24-17/h1-9H,10-11H2,(H2,25,26,27). The molecular formula is C20H15ClF2N4O2S. The topological polar surface area (TPSA) is 83.5 Å². The van der Waals surface area contributed by atoms with Crippen molar-refractivity contribution in [1.82, 2.24) is 9.71 Å². The van der Waals surface area contributed by atoms with Crippen molar-refractivity contribution >= 4 is 33.3 Å². The molecule has 0 radical (unpaired) electrons. The first kappa shape index (κ1) is 20.2.